The summed E-state index contributed by atoms with van der Waals surface area (Å²) in [7, 11) is 1.81. The molecule has 3 aliphatic heterocycles. The van der Waals surface area contributed by atoms with Crippen molar-refractivity contribution in [3.8, 4) is 0 Å². The number of carbonyl (C=O) groups is 3. The first-order chi connectivity index (χ1) is 10.3. The monoisotopic (exact) mass is 308 g/mol. The predicted molar refractivity (Wildman–Crippen MR) is 80.1 cm³/mol. The third-order valence-electron chi connectivity index (χ3n) is 5.38. The van der Waals surface area contributed by atoms with Crippen molar-refractivity contribution < 1.29 is 14.4 Å². The lowest BCUT2D eigenvalue weighted by Gasteiger charge is -2.37. The van der Waals surface area contributed by atoms with Gasteiger partial charge in [0.2, 0.25) is 5.91 Å². The lowest BCUT2D eigenvalue weighted by molar-refractivity contribution is -0.135. The number of likely N-dealkylation sites (N-methyl/N-ethyl adjacent to an activating group) is 1. The number of hydrogen-bond acceptors (Lipinski definition) is 4. The van der Waals surface area contributed by atoms with Gasteiger partial charge >= 0.3 is 6.03 Å². The molecule has 2 atom stereocenters. The highest BCUT2D eigenvalue weighted by molar-refractivity contribution is 6.07. The average Bonchev–Trinajstić information content (AvgIpc) is 2.89. The third-order valence-corrected chi connectivity index (χ3v) is 5.38. The molecule has 0 aromatic rings. The highest BCUT2D eigenvalue weighted by Gasteiger charge is 2.47. The molecular formula is C15H24N4O3. The Morgan fingerprint density at radius 2 is 1.86 bits per heavy atom. The van der Waals surface area contributed by atoms with E-state index in [1.54, 1.807) is 25.8 Å². The van der Waals surface area contributed by atoms with Crippen LogP contribution in [-0.4, -0.2) is 64.9 Å². The zero-order chi connectivity index (χ0) is 16.1. The number of urea groups is 1. The van der Waals surface area contributed by atoms with Gasteiger partial charge in [0.15, 0.2) is 0 Å². The van der Waals surface area contributed by atoms with Gasteiger partial charge in [-0.15, -0.1) is 0 Å². The summed E-state index contributed by atoms with van der Waals surface area (Å²) < 4.78 is 0. The molecule has 3 heterocycles. The fraction of sp³-hybridized carbons (Fsp3) is 0.800. The Morgan fingerprint density at radius 3 is 2.36 bits per heavy atom. The van der Waals surface area contributed by atoms with Crippen molar-refractivity contribution in [2.75, 3.05) is 13.6 Å². The third kappa shape index (κ3) is 2.47. The summed E-state index contributed by atoms with van der Waals surface area (Å²) in [5, 5.41) is 5.83. The second-order valence-corrected chi connectivity index (χ2v) is 7.17. The first kappa shape index (κ1) is 15.3. The minimum absolute atomic E-state index is 0.0552. The van der Waals surface area contributed by atoms with Crippen molar-refractivity contribution in [1.82, 2.24) is 20.4 Å². The number of rotatable bonds is 3. The summed E-state index contributed by atoms with van der Waals surface area (Å²) >= 11 is 0. The van der Waals surface area contributed by atoms with E-state index in [1.807, 2.05) is 0 Å². The van der Waals surface area contributed by atoms with Crippen molar-refractivity contribution in [1.29, 1.82) is 0 Å². The van der Waals surface area contributed by atoms with E-state index >= 15 is 0 Å². The Balaban J connectivity index is 1.64. The molecule has 3 saturated heterocycles. The Bertz CT molecular complexity index is 507. The molecule has 2 N–H and O–H groups in total. The molecule has 3 fully saturated rings. The molecule has 2 bridgehead atoms. The maximum atomic E-state index is 12.5. The maximum Gasteiger partial charge on any atom is 0.325 e. The van der Waals surface area contributed by atoms with Crippen molar-refractivity contribution in [3.63, 3.8) is 0 Å². The summed E-state index contributed by atoms with van der Waals surface area (Å²) in [5.41, 5.74) is -0.971. The van der Waals surface area contributed by atoms with E-state index in [1.165, 1.54) is 17.7 Å². The van der Waals surface area contributed by atoms with Crippen LogP contribution in [0.25, 0.3) is 0 Å². The van der Waals surface area contributed by atoms with Crippen LogP contribution in [0.1, 0.15) is 39.5 Å². The Labute approximate surface area is 130 Å². The van der Waals surface area contributed by atoms with Crippen LogP contribution >= 0.6 is 0 Å². The summed E-state index contributed by atoms with van der Waals surface area (Å²) in [4.78, 5) is 39.2. The smallest absolute Gasteiger partial charge is 0.325 e. The quantitative estimate of drug-likeness (QED) is 0.722. The van der Waals surface area contributed by atoms with Gasteiger partial charge in [-0.05, 0) is 39.5 Å². The van der Waals surface area contributed by atoms with Gasteiger partial charge in [-0.3, -0.25) is 14.9 Å². The Morgan fingerprint density at radius 1 is 1.27 bits per heavy atom. The number of fused-ring (bicyclic) bond motifs is 2. The SMILES string of the molecule is CN(C(=O)CN1C(=O)NC(=O)C1(C)C)C1CC2CCC(C1)N2. The van der Waals surface area contributed by atoms with E-state index < -0.39 is 11.6 Å². The van der Waals surface area contributed by atoms with Crippen LogP contribution in [0.15, 0.2) is 0 Å². The minimum Gasteiger partial charge on any atom is -0.341 e. The predicted octanol–water partition coefficient (Wildman–Crippen LogP) is 0.0582. The largest absolute Gasteiger partial charge is 0.341 e. The fourth-order valence-electron chi connectivity index (χ4n) is 3.76. The zero-order valence-electron chi connectivity index (χ0n) is 13.4. The molecule has 0 saturated carbocycles. The minimum atomic E-state index is -0.971. The lowest BCUT2D eigenvalue weighted by Crippen LogP contribution is -2.53. The molecule has 0 spiro atoms. The van der Waals surface area contributed by atoms with E-state index in [9.17, 15) is 14.4 Å². The van der Waals surface area contributed by atoms with Crippen LogP contribution in [0.4, 0.5) is 4.79 Å². The number of nitrogens with zero attached hydrogens (tertiary/aromatic N) is 2. The summed E-state index contributed by atoms with van der Waals surface area (Å²) in [5.74, 6) is -0.461. The second-order valence-electron chi connectivity index (χ2n) is 7.17. The number of hydrogen-bond donors (Lipinski definition) is 2. The molecule has 7 heteroatoms. The zero-order valence-corrected chi connectivity index (χ0v) is 13.4. The summed E-state index contributed by atoms with van der Waals surface area (Å²) in [6.07, 6.45) is 4.29. The normalized spacial score (nSPS) is 33.0. The van der Waals surface area contributed by atoms with Gasteiger partial charge in [-0.25, -0.2) is 4.79 Å². The fourth-order valence-corrected chi connectivity index (χ4v) is 3.76. The van der Waals surface area contributed by atoms with E-state index in [2.05, 4.69) is 10.6 Å². The topological polar surface area (TPSA) is 81.8 Å². The van der Waals surface area contributed by atoms with E-state index in [0.29, 0.717) is 12.1 Å². The lowest BCUT2D eigenvalue weighted by atomic mass is 9.98. The average molecular weight is 308 g/mol. The summed E-state index contributed by atoms with van der Waals surface area (Å²) in [6.45, 7) is 3.26. The molecule has 0 aromatic carbocycles. The molecule has 0 radical (unpaired) electrons. The van der Waals surface area contributed by atoms with Gasteiger partial charge in [0.1, 0.15) is 12.1 Å². The number of nitrogens with one attached hydrogen (secondary N) is 2. The molecule has 4 amide bonds. The molecule has 3 aliphatic rings. The van der Waals surface area contributed by atoms with Crippen molar-refractivity contribution in [2.45, 2.75) is 63.2 Å². The van der Waals surface area contributed by atoms with Gasteiger partial charge in [0.25, 0.3) is 5.91 Å². The van der Waals surface area contributed by atoms with Crippen LogP contribution in [0.5, 0.6) is 0 Å². The first-order valence-electron chi connectivity index (χ1n) is 7.94. The number of imide groups is 1. The number of carbonyl (C=O) groups excluding carboxylic acids is 3. The van der Waals surface area contributed by atoms with Gasteiger partial charge in [-0.2, -0.15) is 0 Å². The van der Waals surface area contributed by atoms with Crippen molar-refractivity contribution in [3.05, 3.63) is 0 Å². The summed E-state index contributed by atoms with van der Waals surface area (Å²) in [6, 6.07) is 0.747. The van der Waals surface area contributed by atoms with Gasteiger partial charge in [-0.1, -0.05) is 0 Å². The van der Waals surface area contributed by atoms with Crippen LogP contribution < -0.4 is 10.6 Å². The van der Waals surface area contributed by atoms with E-state index in [0.717, 1.165) is 12.8 Å². The highest BCUT2D eigenvalue weighted by atomic mass is 16.2. The van der Waals surface area contributed by atoms with Crippen LogP contribution in [0, 0.1) is 0 Å². The van der Waals surface area contributed by atoms with E-state index in [-0.39, 0.29) is 24.4 Å². The van der Waals surface area contributed by atoms with Crippen LogP contribution in [-0.2, 0) is 9.59 Å². The van der Waals surface area contributed by atoms with Crippen molar-refractivity contribution in [2.24, 2.45) is 0 Å². The molecule has 22 heavy (non-hydrogen) atoms. The standard InChI is InChI=1S/C15H24N4O3/c1-15(2)13(21)17-14(22)19(15)8-12(20)18(3)11-6-9-4-5-10(7-11)16-9/h9-11,16H,4-8H2,1-3H3,(H,17,21,22). The second kappa shape index (κ2) is 5.22. The van der Waals surface area contributed by atoms with Gasteiger partial charge in [0.05, 0.1) is 0 Å². The van der Waals surface area contributed by atoms with Crippen LogP contribution in [0.3, 0.4) is 0 Å². The van der Waals surface area contributed by atoms with Crippen LogP contribution in [0.2, 0.25) is 0 Å². The molecule has 7 nitrogen and oxygen atoms in total. The highest BCUT2D eigenvalue weighted by Crippen LogP contribution is 2.29. The number of amides is 4. The first-order valence-corrected chi connectivity index (χ1v) is 7.94. The van der Waals surface area contributed by atoms with Crippen molar-refractivity contribution >= 4 is 17.8 Å². The molecular weight excluding hydrogens is 284 g/mol. The number of piperidine rings is 1. The van der Waals surface area contributed by atoms with Gasteiger partial charge < -0.3 is 15.1 Å². The Hall–Kier alpha value is -1.63. The molecule has 0 aromatic heterocycles. The van der Waals surface area contributed by atoms with Gasteiger partial charge in [0, 0.05) is 25.2 Å². The molecule has 3 rings (SSSR count). The molecule has 0 aliphatic carbocycles. The molecule has 2 unspecified atom stereocenters. The maximum absolute atomic E-state index is 12.5. The molecule has 122 valence electrons. The Kier molecular flexibility index (Phi) is 3.63. The van der Waals surface area contributed by atoms with E-state index in [4.69, 9.17) is 0 Å².